The zero-order valence-corrected chi connectivity index (χ0v) is 8.03. The van der Waals surface area contributed by atoms with Crippen molar-refractivity contribution >= 4 is 21.6 Å². The Hall–Kier alpha value is 0.200. The summed E-state index contributed by atoms with van der Waals surface area (Å²) in [6.07, 6.45) is 3.02. The summed E-state index contributed by atoms with van der Waals surface area (Å²) < 4.78 is 23.4. The SMILES string of the molecule is CS(=O)(=O)N1CCCC(Cl)C1. The van der Waals surface area contributed by atoms with Crippen LogP contribution in [0.3, 0.4) is 0 Å². The van der Waals surface area contributed by atoms with E-state index in [0.29, 0.717) is 13.1 Å². The molecule has 0 bridgehead atoms. The lowest BCUT2D eigenvalue weighted by atomic mass is 10.2. The molecule has 5 heteroatoms. The zero-order valence-electron chi connectivity index (χ0n) is 6.46. The molecule has 0 radical (unpaired) electrons. The van der Waals surface area contributed by atoms with Gasteiger partial charge in [-0.15, -0.1) is 11.6 Å². The summed E-state index contributed by atoms with van der Waals surface area (Å²) in [6.45, 7) is 1.10. The topological polar surface area (TPSA) is 37.4 Å². The summed E-state index contributed by atoms with van der Waals surface area (Å²) >= 11 is 5.81. The van der Waals surface area contributed by atoms with E-state index in [1.54, 1.807) is 0 Å². The number of hydrogen-bond acceptors (Lipinski definition) is 2. The number of rotatable bonds is 1. The molecule has 1 fully saturated rings. The summed E-state index contributed by atoms with van der Waals surface area (Å²) in [5.74, 6) is 0. The van der Waals surface area contributed by atoms with Gasteiger partial charge in [-0.1, -0.05) is 0 Å². The molecule has 0 saturated carbocycles. The van der Waals surface area contributed by atoms with Crippen molar-refractivity contribution in [3.8, 4) is 0 Å². The van der Waals surface area contributed by atoms with E-state index in [2.05, 4.69) is 0 Å². The van der Waals surface area contributed by atoms with E-state index in [4.69, 9.17) is 11.6 Å². The number of sulfonamides is 1. The van der Waals surface area contributed by atoms with Gasteiger partial charge >= 0.3 is 0 Å². The summed E-state index contributed by atoms with van der Waals surface area (Å²) in [7, 11) is -3.01. The molecule has 0 aromatic heterocycles. The highest BCUT2D eigenvalue weighted by atomic mass is 35.5. The Labute approximate surface area is 72.4 Å². The minimum Gasteiger partial charge on any atom is -0.213 e. The van der Waals surface area contributed by atoms with Crippen molar-refractivity contribution in [2.75, 3.05) is 19.3 Å². The van der Waals surface area contributed by atoms with Gasteiger partial charge in [-0.05, 0) is 12.8 Å². The molecule has 1 saturated heterocycles. The third kappa shape index (κ3) is 2.61. The van der Waals surface area contributed by atoms with Crippen LogP contribution in [0.25, 0.3) is 0 Å². The average Bonchev–Trinajstić information content (AvgIpc) is 1.86. The smallest absolute Gasteiger partial charge is 0.211 e. The monoisotopic (exact) mass is 197 g/mol. The number of hydrogen-bond donors (Lipinski definition) is 0. The van der Waals surface area contributed by atoms with Crippen LogP contribution in [0.1, 0.15) is 12.8 Å². The molecule has 3 nitrogen and oxygen atoms in total. The molecule has 0 aromatic rings. The van der Waals surface area contributed by atoms with E-state index in [-0.39, 0.29) is 5.38 Å². The first-order valence-electron chi connectivity index (χ1n) is 3.59. The van der Waals surface area contributed by atoms with Crippen molar-refractivity contribution in [1.82, 2.24) is 4.31 Å². The van der Waals surface area contributed by atoms with Crippen molar-refractivity contribution in [3.63, 3.8) is 0 Å². The van der Waals surface area contributed by atoms with Crippen LogP contribution >= 0.6 is 11.6 Å². The largest absolute Gasteiger partial charge is 0.213 e. The van der Waals surface area contributed by atoms with E-state index < -0.39 is 10.0 Å². The van der Waals surface area contributed by atoms with Crippen molar-refractivity contribution in [1.29, 1.82) is 0 Å². The molecule has 1 unspecified atom stereocenters. The van der Waals surface area contributed by atoms with Crippen LogP contribution in [0.2, 0.25) is 0 Å². The fraction of sp³-hybridized carbons (Fsp3) is 1.00. The van der Waals surface area contributed by atoms with Crippen LogP contribution in [-0.2, 0) is 10.0 Å². The second kappa shape index (κ2) is 3.29. The Morgan fingerprint density at radius 2 is 2.18 bits per heavy atom. The van der Waals surface area contributed by atoms with Crippen LogP contribution < -0.4 is 0 Å². The molecule has 1 rings (SSSR count). The van der Waals surface area contributed by atoms with Gasteiger partial charge in [0.15, 0.2) is 0 Å². The number of piperidine rings is 1. The molecule has 0 aromatic carbocycles. The van der Waals surface area contributed by atoms with Gasteiger partial charge in [0.25, 0.3) is 0 Å². The maximum atomic E-state index is 11.0. The fourth-order valence-corrected chi connectivity index (χ4v) is 2.51. The molecular formula is C6H12ClNO2S. The number of alkyl halides is 1. The third-order valence-corrected chi connectivity index (χ3v) is 3.42. The average molecular weight is 198 g/mol. The highest BCUT2D eigenvalue weighted by Gasteiger charge is 2.23. The molecule has 1 atom stereocenters. The van der Waals surface area contributed by atoms with Crippen LogP contribution in [0.4, 0.5) is 0 Å². The number of nitrogens with zero attached hydrogens (tertiary/aromatic N) is 1. The molecule has 1 heterocycles. The Balaban J connectivity index is 2.60. The minimum absolute atomic E-state index is 0.00141. The van der Waals surface area contributed by atoms with Crippen molar-refractivity contribution in [2.24, 2.45) is 0 Å². The predicted molar refractivity (Wildman–Crippen MR) is 45.3 cm³/mol. The summed E-state index contributed by atoms with van der Waals surface area (Å²) in [6, 6.07) is 0. The van der Waals surface area contributed by atoms with Gasteiger partial charge in [0.05, 0.1) is 6.26 Å². The van der Waals surface area contributed by atoms with Crippen LogP contribution in [0.15, 0.2) is 0 Å². The van der Waals surface area contributed by atoms with Crippen LogP contribution in [0, 0.1) is 0 Å². The summed E-state index contributed by atoms with van der Waals surface area (Å²) in [4.78, 5) is 0. The van der Waals surface area contributed by atoms with E-state index >= 15 is 0 Å². The predicted octanol–water partition coefficient (Wildman–Crippen LogP) is 0.649. The Bertz CT molecular complexity index is 227. The van der Waals surface area contributed by atoms with Gasteiger partial charge in [-0.25, -0.2) is 12.7 Å². The number of halogens is 1. The normalized spacial score (nSPS) is 28.7. The van der Waals surface area contributed by atoms with E-state index in [9.17, 15) is 8.42 Å². The third-order valence-electron chi connectivity index (χ3n) is 1.80. The molecule has 66 valence electrons. The Kier molecular flexibility index (Phi) is 2.78. The van der Waals surface area contributed by atoms with E-state index in [1.807, 2.05) is 0 Å². The minimum atomic E-state index is -3.01. The van der Waals surface area contributed by atoms with Crippen LogP contribution in [0.5, 0.6) is 0 Å². The van der Waals surface area contributed by atoms with Crippen LogP contribution in [-0.4, -0.2) is 37.4 Å². The van der Waals surface area contributed by atoms with Gasteiger partial charge in [0.2, 0.25) is 10.0 Å². The fourth-order valence-electron chi connectivity index (χ4n) is 1.19. The second-order valence-electron chi connectivity index (χ2n) is 2.86. The highest BCUT2D eigenvalue weighted by Crippen LogP contribution is 2.16. The maximum Gasteiger partial charge on any atom is 0.211 e. The Morgan fingerprint density at radius 1 is 1.55 bits per heavy atom. The first kappa shape index (κ1) is 9.29. The molecule has 0 N–H and O–H groups in total. The standard InChI is InChI=1S/C6H12ClNO2S/c1-11(9,10)8-4-2-3-6(7)5-8/h6H,2-5H2,1H3. The molecule has 1 aliphatic heterocycles. The van der Waals surface area contributed by atoms with Crippen molar-refractivity contribution < 1.29 is 8.42 Å². The molecule has 1 aliphatic rings. The first-order chi connectivity index (χ1) is 5.00. The summed E-state index contributed by atoms with van der Waals surface area (Å²) in [5, 5.41) is -0.00141. The van der Waals surface area contributed by atoms with Gasteiger partial charge in [0.1, 0.15) is 0 Å². The molecule has 11 heavy (non-hydrogen) atoms. The molecule has 0 spiro atoms. The van der Waals surface area contributed by atoms with Gasteiger partial charge < -0.3 is 0 Å². The zero-order chi connectivity index (χ0) is 8.48. The summed E-state index contributed by atoms with van der Waals surface area (Å²) in [5.41, 5.74) is 0. The quantitative estimate of drug-likeness (QED) is 0.579. The lowest BCUT2D eigenvalue weighted by Crippen LogP contribution is -2.39. The first-order valence-corrected chi connectivity index (χ1v) is 5.88. The molecular weight excluding hydrogens is 186 g/mol. The van der Waals surface area contributed by atoms with Gasteiger partial charge in [0, 0.05) is 18.5 Å². The maximum absolute atomic E-state index is 11.0. The van der Waals surface area contributed by atoms with E-state index in [0.717, 1.165) is 12.8 Å². The molecule has 0 amide bonds. The molecule has 0 aliphatic carbocycles. The lowest BCUT2D eigenvalue weighted by Gasteiger charge is -2.27. The van der Waals surface area contributed by atoms with Gasteiger partial charge in [-0.3, -0.25) is 0 Å². The second-order valence-corrected chi connectivity index (χ2v) is 5.46. The van der Waals surface area contributed by atoms with Crippen molar-refractivity contribution in [2.45, 2.75) is 18.2 Å². The van der Waals surface area contributed by atoms with E-state index in [1.165, 1.54) is 10.6 Å². The lowest BCUT2D eigenvalue weighted by molar-refractivity contribution is 0.353. The van der Waals surface area contributed by atoms with Gasteiger partial charge in [-0.2, -0.15) is 0 Å². The highest BCUT2D eigenvalue weighted by molar-refractivity contribution is 7.88. The van der Waals surface area contributed by atoms with Crippen molar-refractivity contribution in [3.05, 3.63) is 0 Å². The Morgan fingerprint density at radius 3 is 2.55 bits per heavy atom.